The molecule has 0 saturated carbocycles. The first kappa shape index (κ1) is 12.6. The summed E-state index contributed by atoms with van der Waals surface area (Å²) < 4.78 is 5.08. The van der Waals surface area contributed by atoms with E-state index < -0.39 is 0 Å². The van der Waals surface area contributed by atoms with Crippen molar-refractivity contribution < 1.29 is 4.74 Å². The average molecular weight is 248 g/mol. The van der Waals surface area contributed by atoms with Crippen molar-refractivity contribution in [3.8, 4) is 5.75 Å². The molecule has 0 aromatic heterocycles. The first-order valence-electron chi connectivity index (χ1n) is 4.71. The Kier molecular flexibility index (Phi) is 4.71. The number of methoxy groups -OCH3 is 1. The summed E-state index contributed by atoms with van der Waals surface area (Å²) >= 11 is 12.1. The number of halogens is 2. The van der Waals surface area contributed by atoms with E-state index in [4.69, 9.17) is 27.9 Å². The SMILES string of the molecule is COc1cc(Cl)c(CCN(C)C)cc1Cl. The average Bonchev–Trinajstić information content (AvgIpc) is 2.18. The molecule has 0 saturated heterocycles. The van der Waals surface area contributed by atoms with Gasteiger partial charge in [0.15, 0.2) is 0 Å². The van der Waals surface area contributed by atoms with Gasteiger partial charge < -0.3 is 9.64 Å². The van der Waals surface area contributed by atoms with E-state index in [9.17, 15) is 0 Å². The Labute approximate surface area is 101 Å². The molecule has 0 amide bonds. The molecule has 0 atom stereocenters. The largest absolute Gasteiger partial charge is 0.495 e. The summed E-state index contributed by atoms with van der Waals surface area (Å²) in [6.45, 7) is 0.947. The Balaban J connectivity index is 2.85. The third-order valence-corrected chi connectivity index (χ3v) is 2.80. The third-order valence-electron chi connectivity index (χ3n) is 2.15. The fourth-order valence-corrected chi connectivity index (χ4v) is 1.77. The van der Waals surface area contributed by atoms with E-state index in [0.29, 0.717) is 15.8 Å². The van der Waals surface area contributed by atoms with Gasteiger partial charge in [0.25, 0.3) is 0 Å². The lowest BCUT2D eigenvalue weighted by atomic mass is 10.1. The number of hydrogen-bond acceptors (Lipinski definition) is 2. The lowest BCUT2D eigenvalue weighted by Crippen LogP contribution is -2.15. The van der Waals surface area contributed by atoms with Crippen LogP contribution in [0, 0.1) is 0 Å². The molecule has 0 aliphatic rings. The molecule has 0 aliphatic carbocycles. The van der Waals surface area contributed by atoms with E-state index in [0.717, 1.165) is 18.5 Å². The monoisotopic (exact) mass is 247 g/mol. The van der Waals surface area contributed by atoms with Crippen molar-refractivity contribution in [2.75, 3.05) is 27.7 Å². The van der Waals surface area contributed by atoms with Crippen LogP contribution < -0.4 is 4.74 Å². The van der Waals surface area contributed by atoms with Gasteiger partial charge in [0, 0.05) is 17.6 Å². The van der Waals surface area contributed by atoms with Gasteiger partial charge in [-0.1, -0.05) is 23.2 Å². The quantitative estimate of drug-likeness (QED) is 0.811. The maximum Gasteiger partial charge on any atom is 0.138 e. The number of benzene rings is 1. The van der Waals surface area contributed by atoms with Crippen molar-refractivity contribution in [2.24, 2.45) is 0 Å². The van der Waals surface area contributed by atoms with Gasteiger partial charge in [-0.05, 0) is 32.1 Å². The van der Waals surface area contributed by atoms with Crippen LogP contribution in [0.2, 0.25) is 10.0 Å². The van der Waals surface area contributed by atoms with Crippen molar-refractivity contribution in [1.82, 2.24) is 4.90 Å². The molecule has 0 heterocycles. The van der Waals surface area contributed by atoms with Crippen molar-refractivity contribution in [3.63, 3.8) is 0 Å². The first-order valence-corrected chi connectivity index (χ1v) is 5.47. The Hall–Kier alpha value is -0.440. The van der Waals surface area contributed by atoms with E-state index in [1.807, 2.05) is 20.2 Å². The summed E-state index contributed by atoms with van der Waals surface area (Å²) in [4.78, 5) is 2.11. The van der Waals surface area contributed by atoms with E-state index in [1.165, 1.54) is 0 Å². The van der Waals surface area contributed by atoms with Crippen molar-refractivity contribution in [1.29, 1.82) is 0 Å². The van der Waals surface area contributed by atoms with Gasteiger partial charge in [0.2, 0.25) is 0 Å². The highest BCUT2D eigenvalue weighted by molar-refractivity contribution is 6.34. The van der Waals surface area contributed by atoms with E-state index in [1.54, 1.807) is 13.2 Å². The molecule has 0 bridgehead atoms. The molecule has 0 N–H and O–H groups in total. The van der Waals surface area contributed by atoms with Crippen LogP contribution in [0.4, 0.5) is 0 Å². The predicted molar refractivity (Wildman–Crippen MR) is 65.3 cm³/mol. The summed E-state index contributed by atoms with van der Waals surface area (Å²) in [5.74, 6) is 0.621. The van der Waals surface area contributed by atoms with Crippen LogP contribution in [-0.2, 0) is 6.42 Å². The lowest BCUT2D eigenvalue weighted by Gasteiger charge is -2.12. The second-order valence-corrected chi connectivity index (χ2v) is 4.45. The minimum absolute atomic E-state index is 0.607. The highest BCUT2D eigenvalue weighted by atomic mass is 35.5. The Morgan fingerprint density at radius 3 is 2.40 bits per heavy atom. The number of likely N-dealkylation sites (N-methyl/N-ethyl adjacent to an activating group) is 1. The van der Waals surface area contributed by atoms with Crippen LogP contribution in [0.3, 0.4) is 0 Å². The maximum atomic E-state index is 6.11. The predicted octanol–water partition coefficient (Wildman–Crippen LogP) is 3.11. The molecule has 0 aliphatic heterocycles. The second-order valence-electron chi connectivity index (χ2n) is 3.63. The highest BCUT2D eigenvalue weighted by Crippen LogP contribution is 2.31. The summed E-state index contributed by atoms with van der Waals surface area (Å²) in [5.41, 5.74) is 1.05. The maximum absolute atomic E-state index is 6.11. The summed E-state index contributed by atoms with van der Waals surface area (Å²) in [6, 6.07) is 3.63. The molecule has 1 aromatic carbocycles. The smallest absolute Gasteiger partial charge is 0.138 e. The van der Waals surface area contributed by atoms with Crippen molar-refractivity contribution in [3.05, 3.63) is 27.7 Å². The third kappa shape index (κ3) is 3.56. The van der Waals surface area contributed by atoms with Crippen LogP contribution in [-0.4, -0.2) is 32.6 Å². The molecule has 1 rings (SSSR count). The molecular weight excluding hydrogens is 233 g/mol. The molecule has 0 spiro atoms. The molecule has 1 aromatic rings. The van der Waals surface area contributed by atoms with Crippen molar-refractivity contribution >= 4 is 23.2 Å². The zero-order valence-electron chi connectivity index (χ0n) is 9.18. The molecule has 84 valence electrons. The fourth-order valence-electron chi connectivity index (χ4n) is 1.26. The van der Waals surface area contributed by atoms with Gasteiger partial charge in [-0.25, -0.2) is 0 Å². The fraction of sp³-hybridized carbons (Fsp3) is 0.455. The van der Waals surface area contributed by atoms with Crippen LogP contribution >= 0.6 is 23.2 Å². The van der Waals surface area contributed by atoms with Crippen LogP contribution in [0.15, 0.2) is 12.1 Å². The Morgan fingerprint density at radius 2 is 1.87 bits per heavy atom. The topological polar surface area (TPSA) is 12.5 Å². The number of hydrogen-bond donors (Lipinski definition) is 0. The van der Waals surface area contributed by atoms with Gasteiger partial charge in [0.05, 0.1) is 12.1 Å². The van der Waals surface area contributed by atoms with E-state index >= 15 is 0 Å². The molecule has 2 nitrogen and oxygen atoms in total. The number of ether oxygens (including phenoxy) is 1. The van der Waals surface area contributed by atoms with E-state index in [2.05, 4.69) is 4.90 Å². The second kappa shape index (κ2) is 5.59. The molecule has 0 radical (unpaired) electrons. The van der Waals surface area contributed by atoms with Crippen LogP contribution in [0.25, 0.3) is 0 Å². The summed E-state index contributed by atoms with van der Waals surface area (Å²) in [6.07, 6.45) is 0.884. The summed E-state index contributed by atoms with van der Waals surface area (Å²) in [5, 5.41) is 1.31. The van der Waals surface area contributed by atoms with Gasteiger partial charge in [-0.2, -0.15) is 0 Å². The molecule has 15 heavy (non-hydrogen) atoms. The van der Waals surface area contributed by atoms with Crippen molar-refractivity contribution in [2.45, 2.75) is 6.42 Å². The molecule has 0 unspecified atom stereocenters. The van der Waals surface area contributed by atoms with Crippen LogP contribution in [0.5, 0.6) is 5.75 Å². The van der Waals surface area contributed by atoms with Gasteiger partial charge in [0.1, 0.15) is 5.75 Å². The normalized spacial score (nSPS) is 10.8. The lowest BCUT2D eigenvalue weighted by molar-refractivity contribution is 0.410. The minimum atomic E-state index is 0.607. The standard InChI is InChI=1S/C11H15Cl2NO/c1-14(2)5-4-8-6-10(13)11(15-3)7-9(8)12/h6-7H,4-5H2,1-3H3. The highest BCUT2D eigenvalue weighted by Gasteiger charge is 2.07. The summed E-state index contributed by atoms with van der Waals surface area (Å²) in [7, 11) is 5.63. The first-order chi connectivity index (χ1) is 7.04. The van der Waals surface area contributed by atoms with Crippen LogP contribution in [0.1, 0.15) is 5.56 Å². The minimum Gasteiger partial charge on any atom is -0.495 e. The Morgan fingerprint density at radius 1 is 1.20 bits per heavy atom. The molecule has 4 heteroatoms. The van der Waals surface area contributed by atoms with E-state index in [-0.39, 0.29) is 0 Å². The Bertz CT molecular complexity index is 340. The molecule has 0 fully saturated rings. The van der Waals surface area contributed by atoms with Gasteiger partial charge in [-0.3, -0.25) is 0 Å². The van der Waals surface area contributed by atoms with Gasteiger partial charge >= 0.3 is 0 Å². The number of rotatable bonds is 4. The molecular formula is C11H15Cl2NO. The van der Waals surface area contributed by atoms with Gasteiger partial charge in [-0.15, -0.1) is 0 Å². The number of nitrogens with zero attached hydrogens (tertiary/aromatic N) is 1. The zero-order valence-corrected chi connectivity index (χ0v) is 10.7. The zero-order chi connectivity index (χ0) is 11.4.